The van der Waals surface area contributed by atoms with Crippen LogP contribution in [0.5, 0.6) is 0 Å². The van der Waals surface area contributed by atoms with Crippen molar-refractivity contribution in [2.45, 2.75) is 40.0 Å². The molecule has 1 aromatic heterocycles. The van der Waals surface area contributed by atoms with Gasteiger partial charge in [0.1, 0.15) is 5.82 Å². The summed E-state index contributed by atoms with van der Waals surface area (Å²) in [6, 6.07) is 8.61. The highest BCUT2D eigenvalue weighted by atomic mass is 16.5. The molecule has 0 spiro atoms. The van der Waals surface area contributed by atoms with Gasteiger partial charge >= 0.3 is 0 Å². The van der Waals surface area contributed by atoms with Crippen LogP contribution in [0.1, 0.15) is 30.8 Å². The number of benzene rings is 1. The molecule has 2 N–H and O–H groups in total. The fraction of sp³-hybridized carbons (Fsp3) is 0.545. The normalized spacial score (nSPS) is 15.7. The minimum atomic E-state index is 0.586. The number of guanidine groups is 1. The summed E-state index contributed by atoms with van der Waals surface area (Å²) in [6.07, 6.45) is 3.90. The lowest BCUT2D eigenvalue weighted by Gasteiger charge is -2.27. The molecule has 1 aliphatic heterocycles. The summed E-state index contributed by atoms with van der Waals surface area (Å²) in [5, 5.41) is 6.83. The number of ether oxygens (including phenoxy) is 1. The van der Waals surface area contributed by atoms with Crippen LogP contribution in [0.3, 0.4) is 0 Å². The lowest BCUT2D eigenvalue weighted by atomic mass is 10.1. The lowest BCUT2D eigenvalue weighted by molar-refractivity contribution is 0.0341. The molecule has 0 unspecified atom stereocenters. The Hall–Kier alpha value is -2.38. The van der Waals surface area contributed by atoms with Crippen molar-refractivity contribution in [2.24, 2.45) is 10.9 Å². The predicted molar refractivity (Wildman–Crippen MR) is 117 cm³/mol. The molecule has 2 aromatic rings. The fourth-order valence-corrected chi connectivity index (χ4v) is 3.51. The summed E-state index contributed by atoms with van der Waals surface area (Å²) < 4.78 is 7.66. The van der Waals surface area contributed by atoms with E-state index in [0.29, 0.717) is 12.5 Å². The largest absolute Gasteiger partial charge is 0.379 e. The average Bonchev–Trinajstić information content (AvgIpc) is 3.16. The summed E-state index contributed by atoms with van der Waals surface area (Å²) in [5.41, 5.74) is 2.65. The molecule has 1 fully saturated rings. The Morgan fingerprint density at radius 2 is 1.86 bits per heavy atom. The molecule has 1 aliphatic rings. The van der Waals surface area contributed by atoms with E-state index in [9.17, 15) is 0 Å². The van der Waals surface area contributed by atoms with Crippen molar-refractivity contribution < 1.29 is 4.74 Å². The topological polar surface area (TPSA) is 66.7 Å². The Labute approximate surface area is 174 Å². The average molecular weight is 399 g/mol. The zero-order valence-corrected chi connectivity index (χ0v) is 17.9. The zero-order valence-electron chi connectivity index (χ0n) is 17.9. The maximum atomic E-state index is 5.46. The molecule has 1 saturated heterocycles. The van der Waals surface area contributed by atoms with Crippen LogP contribution in [0.25, 0.3) is 0 Å². The fourth-order valence-electron chi connectivity index (χ4n) is 3.51. The van der Waals surface area contributed by atoms with Gasteiger partial charge in [-0.15, -0.1) is 0 Å². The number of aromatic nitrogens is 2. The lowest BCUT2D eigenvalue weighted by Crippen LogP contribution is -2.38. The van der Waals surface area contributed by atoms with E-state index in [1.54, 1.807) is 7.05 Å². The number of rotatable bonds is 8. The summed E-state index contributed by atoms with van der Waals surface area (Å²) >= 11 is 0. The van der Waals surface area contributed by atoms with Crippen LogP contribution >= 0.6 is 0 Å². The molecule has 0 atom stereocenters. The maximum absolute atomic E-state index is 5.46. The Balaban J connectivity index is 1.54. The molecule has 2 heterocycles. The van der Waals surface area contributed by atoms with E-state index in [0.717, 1.165) is 57.7 Å². The first-order chi connectivity index (χ1) is 14.2. The highest BCUT2D eigenvalue weighted by Crippen LogP contribution is 2.13. The Bertz CT molecular complexity index is 779. The van der Waals surface area contributed by atoms with Crippen molar-refractivity contribution in [2.75, 3.05) is 33.4 Å². The number of aliphatic imine (C=N–C) groups is 1. The van der Waals surface area contributed by atoms with Gasteiger partial charge in [0.15, 0.2) is 5.96 Å². The molecule has 7 nitrogen and oxygen atoms in total. The molecule has 0 bridgehead atoms. The number of nitrogens with one attached hydrogen (secondary N) is 2. The summed E-state index contributed by atoms with van der Waals surface area (Å²) in [5.74, 6) is 2.39. The molecular weight excluding hydrogens is 364 g/mol. The van der Waals surface area contributed by atoms with Gasteiger partial charge in [-0.3, -0.25) is 9.89 Å². The molecule has 0 amide bonds. The second-order valence-corrected chi connectivity index (χ2v) is 7.83. The molecule has 7 heteroatoms. The second kappa shape index (κ2) is 11.0. The number of hydrogen-bond donors (Lipinski definition) is 2. The van der Waals surface area contributed by atoms with Gasteiger partial charge in [-0.25, -0.2) is 4.98 Å². The first-order valence-electron chi connectivity index (χ1n) is 10.5. The molecular formula is C22H34N6O. The van der Waals surface area contributed by atoms with Crippen molar-refractivity contribution in [3.8, 4) is 0 Å². The van der Waals surface area contributed by atoms with Gasteiger partial charge in [0.2, 0.25) is 0 Å². The van der Waals surface area contributed by atoms with Gasteiger partial charge in [0, 0.05) is 52.2 Å². The first-order valence-corrected chi connectivity index (χ1v) is 10.5. The van der Waals surface area contributed by atoms with Crippen molar-refractivity contribution in [1.29, 1.82) is 0 Å². The molecule has 29 heavy (non-hydrogen) atoms. The van der Waals surface area contributed by atoms with Crippen LogP contribution < -0.4 is 10.6 Å². The minimum Gasteiger partial charge on any atom is -0.379 e. The summed E-state index contributed by atoms with van der Waals surface area (Å²) in [7, 11) is 1.80. The number of morpholine rings is 1. The quantitative estimate of drug-likeness (QED) is 0.527. The third kappa shape index (κ3) is 6.58. The van der Waals surface area contributed by atoms with E-state index in [2.05, 4.69) is 68.2 Å². The Morgan fingerprint density at radius 3 is 2.59 bits per heavy atom. The van der Waals surface area contributed by atoms with E-state index < -0.39 is 0 Å². The van der Waals surface area contributed by atoms with Gasteiger partial charge in [-0.1, -0.05) is 38.1 Å². The van der Waals surface area contributed by atoms with Crippen molar-refractivity contribution in [3.63, 3.8) is 0 Å². The van der Waals surface area contributed by atoms with Crippen LogP contribution in [0.2, 0.25) is 0 Å². The van der Waals surface area contributed by atoms with E-state index in [-0.39, 0.29) is 0 Å². The highest BCUT2D eigenvalue weighted by molar-refractivity contribution is 5.79. The smallest absolute Gasteiger partial charge is 0.191 e. The minimum absolute atomic E-state index is 0.586. The molecule has 3 rings (SSSR count). The monoisotopic (exact) mass is 398 g/mol. The molecule has 0 aliphatic carbocycles. The van der Waals surface area contributed by atoms with E-state index in [1.165, 1.54) is 11.1 Å². The molecule has 1 aromatic carbocycles. The highest BCUT2D eigenvalue weighted by Gasteiger charge is 2.13. The first kappa shape index (κ1) is 21.3. The number of nitrogens with zero attached hydrogens (tertiary/aromatic N) is 4. The summed E-state index contributed by atoms with van der Waals surface area (Å²) in [4.78, 5) is 11.3. The van der Waals surface area contributed by atoms with Crippen molar-refractivity contribution in [3.05, 3.63) is 53.6 Å². The Kier molecular flexibility index (Phi) is 8.07. The molecule has 158 valence electrons. The van der Waals surface area contributed by atoms with E-state index in [4.69, 9.17) is 4.74 Å². The Morgan fingerprint density at radius 1 is 1.14 bits per heavy atom. The van der Waals surface area contributed by atoms with Crippen LogP contribution in [-0.4, -0.2) is 53.8 Å². The van der Waals surface area contributed by atoms with Crippen LogP contribution in [0, 0.1) is 5.92 Å². The van der Waals surface area contributed by atoms with Gasteiger partial charge in [0.05, 0.1) is 19.8 Å². The predicted octanol–water partition coefficient (Wildman–Crippen LogP) is 2.24. The summed E-state index contributed by atoms with van der Waals surface area (Å²) in [6.45, 7) is 11.4. The van der Waals surface area contributed by atoms with Crippen molar-refractivity contribution >= 4 is 5.96 Å². The van der Waals surface area contributed by atoms with Crippen LogP contribution in [0.4, 0.5) is 0 Å². The maximum Gasteiger partial charge on any atom is 0.191 e. The molecule has 0 radical (unpaired) electrons. The van der Waals surface area contributed by atoms with Gasteiger partial charge in [-0.2, -0.15) is 0 Å². The van der Waals surface area contributed by atoms with E-state index in [1.807, 2.05) is 12.4 Å². The number of hydrogen-bond acceptors (Lipinski definition) is 4. The van der Waals surface area contributed by atoms with Gasteiger partial charge in [-0.05, 0) is 17.0 Å². The zero-order chi connectivity index (χ0) is 20.5. The van der Waals surface area contributed by atoms with E-state index >= 15 is 0 Å². The SMILES string of the molecule is CN=C(NCc1ccccc1CN1CCOCC1)NCc1nccn1CC(C)C. The van der Waals surface area contributed by atoms with Gasteiger partial charge < -0.3 is 19.9 Å². The van der Waals surface area contributed by atoms with Crippen molar-refractivity contribution in [1.82, 2.24) is 25.1 Å². The van der Waals surface area contributed by atoms with Gasteiger partial charge in [0.25, 0.3) is 0 Å². The third-order valence-electron chi connectivity index (χ3n) is 5.06. The number of imidazole rings is 1. The van der Waals surface area contributed by atoms with Crippen LogP contribution in [-0.2, 0) is 30.9 Å². The van der Waals surface area contributed by atoms with Crippen LogP contribution in [0.15, 0.2) is 41.7 Å². The second-order valence-electron chi connectivity index (χ2n) is 7.83. The third-order valence-corrected chi connectivity index (χ3v) is 5.06. The standard InChI is InChI=1S/C22H34N6O/c1-18(2)16-28-9-8-24-21(28)15-26-22(23-3)25-14-19-6-4-5-7-20(19)17-27-10-12-29-13-11-27/h4-9,18H,10-17H2,1-3H3,(H2,23,25,26). The molecule has 0 saturated carbocycles.